The van der Waals surface area contributed by atoms with Crippen LogP contribution in [-0.4, -0.2) is 0 Å². The minimum atomic E-state index is 0.775. The van der Waals surface area contributed by atoms with Crippen LogP contribution in [0, 0.1) is 5.92 Å². The first kappa shape index (κ1) is 13.2. The fourth-order valence-electron chi connectivity index (χ4n) is 3.12. The maximum absolute atomic E-state index is 3.44. The van der Waals surface area contributed by atoms with Gasteiger partial charge in [-0.2, -0.15) is 0 Å². The van der Waals surface area contributed by atoms with Crippen molar-refractivity contribution in [2.24, 2.45) is 5.92 Å². The Hall–Kier alpha value is -1.76. The van der Waals surface area contributed by atoms with Gasteiger partial charge in [0.15, 0.2) is 0 Å². The molecule has 1 aliphatic carbocycles. The second-order valence-electron chi connectivity index (χ2n) is 6.07. The van der Waals surface area contributed by atoms with Crippen LogP contribution in [0.2, 0.25) is 0 Å². The zero-order chi connectivity index (χ0) is 13.8. The summed E-state index contributed by atoms with van der Waals surface area (Å²) in [7, 11) is 0. The maximum Gasteiger partial charge on any atom is 0.0384 e. The lowest BCUT2D eigenvalue weighted by Crippen LogP contribution is -2.10. The average Bonchev–Trinajstić information content (AvgIpc) is 2.50. The largest absolute Gasteiger partial charge is 0.356 e. The number of para-hydroxylation sites is 1. The molecule has 0 aliphatic heterocycles. The van der Waals surface area contributed by atoms with Gasteiger partial charge in [0.25, 0.3) is 0 Å². The van der Waals surface area contributed by atoms with Crippen LogP contribution in [0.15, 0.2) is 54.6 Å². The van der Waals surface area contributed by atoms with Crippen LogP contribution in [0.3, 0.4) is 0 Å². The minimum absolute atomic E-state index is 0.775. The van der Waals surface area contributed by atoms with E-state index in [1.165, 1.54) is 36.9 Å². The molecule has 0 amide bonds. The summed E-state index contributed by atoms with van der Waals surface area (Å²) in [4.78, 5) is 0. The van der Waals surface area contributed by atoms with Gasteiger partial charge in [0.05, 0.1) is 0 Å². The van der Waals surface area contributed by atoms with Crippen LogP contribution in [0.25, 0.3) is 0 Å². The Morgan fingerprint density at radius 1 is 0.750 bits per heavy atom. The van der Waals surface area contributed by atoms with Gasteiger partial charge in [-0.3, -0.25) is 0 Å². The first-order valence-electron chi connectivity index (χ1n) is 7.73. The molecule has 0 bridgehead atoms. The molecule has 2 aromatic rings. The van der Waals surface area contributed by atoms with Gasteiger partial charge in [0.1, 0.15) is 0 Å². The SMILES string of the molecule is CC1CCC(c2ccc(Nc3ccccc3)cc2)CC1. The third kappa shape index (κ3) is 3.22. The lowest BCUT2D eigenvalue weighted by molar-refractivity contribution is 0.348. The summed E-state index contributed by atoms with van der Waals surface area (Å²) in [6.07, 6.45) is 5.47. The van der Waals surface area contributed by atoms with E-state index in [1.54, 1.807) is 0 Å². The Kier molecular flexibility index (Phi) is 4.05. The van der Waals surface area contributed by atoms with Crippen molar-refractivity contribution >= 4 is 11.4 Å². The Morgan fingerprint density at radius 3 is 2.00 bits per heavy atom. The number of hydrogen-bond acceptors (Lipinski definition) is 1. The third-order valence-electron chi connectivity index (χ3n) is 4.46. The van der Waals surface area contributed by atoms with Crippen LogP contribution >= 0.6 is 0 Å². The molecule has 2 aromatic carbocycles. The van der Waals surface area contributed by atoms with Crippen LogP contribution in [0.4, 0.5) is 11.4 Å². The van der Waals surface area contributed by atoms with E-state index < -0.39 is 0 Å². The van der Waals surface area contributed by atoms with Crippen molar-refractivity contribution in [2.75, 3.05) is 5.32 Å². The van der Waals surface area contributed by atoms with Gasteiger partial charge in [-0.15, -0.1) is 0 Å². The maximum atomic E-state index is 3.44. The molecule has 0 radical (unpaired) electrons. The highest BCUT2D eigenvalue weighted by atomic mass is 14.9. The summed E-state index contributed by atoms with van der Waals surface area (Å²) >= 11 is 0. The van der Waals surface area contributed by atoms with E-state index in [0.29, 0.717) is 0 Å². The molecular formula is C19H23N. The third-order valence-corrected chi connectivity index (χ3v) is 4.46. The molecule has 0 unspecified atom stereocenters. The molecule has 0 atom stereocenters. The standard InChI is InChI=1S/C19H23N/c1-15-7-9-16(10-8-15)17-11-13-19(14-12-17)20-18-5-3-2-4-6-18/h2-6,11-16,20H,7-10H2,1H3. The van der Waals surface area contributed by atoms with Gasteiger partial charge in [0.2, 0.25) is 0 Å². The van der Waals surface area contributed by atoms with Gasteiger partial charge < -0.3 is 5.32 Å². The summed E-state index contributed by atoms with van der Waals surface area (Å²) in [6, 6.07) is 19.4. The molecule has 0 spiro atoms. The van der Waals surface area contributed by atoms with Gasteiger partial charge >= 0.3 is 0 Å². The lowest BCUT2D eigenvalue weighted by Gasteiger charge is -2.26. The Bertz CT molecular complexity index is 521. The van der Waals surface area contributed by atoms with Crippen molar-refractivity contribution in [3.63, 3.8) is 0 Å². The van der Waals surface area contributed by atoms with E-state index >= 15 is 0 Å². The molecule has 0 aromatic heterocycles. The highest BCUT2D eigenvalue weighted by molar-refractivity contribution is 5.59. The van der Waals surface area contributed by atoms with Gasteiger partial charge in [0, 0.05) is 11.4 Å². The molecule has 0 saturated heterocycles. The van der Waals surface area contributed by atoms with Crippen molar-refractivity contribution in [2.45, 2.75) is 38.5 Å². The quantitative estimate of drug-likeness (QED) is 0.748. The molecular weight excluding hydrogens is 242 g/mol. The zero-order valence-electron chi connectivity index (χ0n) is 12.2. The predicted octanol–water partition coefficient (Wildman–Crippen LogP) is 5.72. The van der Waals surface area contributed by atoms with E-state index in [9.17, 15) is 0 Å². The lowest BCUT2D eigenvalue weighted by atomic mass is 9.79. The van der Waals surface area contributed by atoms with E-state index in [-0.39, 0.29) is 0 Å². The Balaban J connectivity index is 1.65. The number of nitrogens with one attached hydrogen (secondary N) is 1. The fourth-order valence-corrected chi connectivity index (χ4v) is 3.12. The summed E-state index contributed by atoms with van der Waals surface area (Å²) in [6.45, 7) is 2.38. The van der Waals surface area contributed by atoms with Crippen molar-refractivity contribution in [3.8, 4) is 0 Å². The number of rotatable bonds is 3. The topological polar surface area (TPSA) is 12.0 Å². The second-order valence-corrected chi connectivity index (χ2v) is 6.07. The van der Waals surface area contributed by atoms with E-state index in [1.807, 2.05) is 6.07 Å². The summed E-state index contributed by atoms with van der Waals surface area (Å²) < 4.78 is 0. The monoisotopic (exact) mass is 265 g/mol. The molecule has 104 valence electrons. The van der Waals surface area contributed by atoms with Crippen molar-refractivity contribution in [1.82, 2.24) is 0 Å². The smallest absolute Gasteiger partial charge is 0.0384 e. The first-order valence-corrected chi connectivity index (χ1v) is 7.73. The highest BCUT2D eigenvalue weighted by Gasteiger charge is 2.19. The minimum Gasteiger partial charge on any atom is -0.356 e. The van der Waals surface area contributed by atoms with Crippen LogP contribution in [0.5, 0.6) is 0 Å². The Labute approximate surface area is 122 Å². The Morgan fingerprint density at radius 2 is 1.35 bits per heavy atom. The molecule has 1 heteroatoms. The van der Waals surface area contributed by atoms with Gasteiger partial charge in [-0.25, -0.2) is 0 Å². The molecule has 1 nitrogen and oxygen atoms in total. The van der Waals surface area contributed by atoms with Crippen molar-refractivity contribution in [1.29, 1.82) is 0 Å². The summed E-state index contributed by atoms with van der Waals surface area (Å²) in [5.74, 6) is 1.70. The molecule has 20 heavy (non-hydrogen) atoms. The van der Waals surface area contributed by atoms with Gasteiger partial charge in [-0.1, -0.05) is 50.1 Å². The molecule has 1 N–H and O–H groups in total. The molecule has 0 heterocycles. The van der Waals surface area contributed by atoms with E-state index in [4.69, 9.17) is 0 Å². The van der Waals surface area contributed by atoms with Gasteiger partial charge in [-0.05, 0) is 54.5 Å². The average molecular weight is 265 g/mol. The van der Waals surface area contributed by atoms with Crippen molar-refractivity contribution in [3.05, 3.63) is 60.2 Å². The number of benzene rings is 2. The fraction of sp³-hybridized carbons (Fsp3) is 0.368. The van der Waals surface area contributed by atoms with E-state index in [2.05, 4.69) is 60.8 Å². The number of hydrogen-bond donors (Lipinski definition) is 1. The molecule has 1 fully saturated rings. The summed E-state index contributed by atoms with van der Waals surface area (Å²) in [5.41, 5.74) is 3.83. The van der Waals surface area contributed by atoms with Crippen LogP contribution in [-0.2, 0) is 0 Å². The molecule has 1 saturated carbocycles. The highest BCUT2D eigenvalue weighted by Crippen LogP contribution is 2.35. The van der Waals surface area contributed by atoms with Crippen molar-refractivity contribution < 1.29 is 0 Å². The molecule has 3 rings (SSSR count). The molecule has 1 aliphatic rings. The second kappa shape index (κ2) is 6.13. The number of anilines is 2. The zero-order valence-corrected chi connectivity index (χ0v) is 12.2. The van der Waals surface area contributed by atoms with E-state index in [0.717, 1.165) is 17.5 Å². The predicted molar refractivity (Wildman–Crippen MR) is 86.5 cm³/mol. The first-order chi connectivity index (χ1) is 9.81. The normalized spacial score (nSPS) is 22.4. The summed E-state index contributed by atoms with van der Waals surface area (Å²) in [5, 5.41) is 3.44. The van der Waals surface area contributed by atoms with Crippen LogP contribution in [0.1, 0.15) is 44.1 Å². The van der Waals surface area contributed by atoms with Crippen LogP contribution < -0.4 is 5.32 Å².